The largest absolute Gasteiger partial charge is 0.490 e. The van der Waals surface area contributed by atoms with Crippen LogP contribution in [-0.2, 0) is 6.42 Å². The lowest BCUT2D eigenvalue weighted by Gasteiger charge is -2.13. The van der Waals surface area contributed by atoms with Crippen LogP contribution < -0.4 is 15.2 Å². The lowest BCUT2D eigenvalue weighted by Crippen LogP contribution is -2.17. The van der Waals surface area contributed by atoms with Gasteiger partial charge in [-0.3, -0.25) is 0 Å². The maximum Gasteiger partial charge on any atom is 0.161 e. The van der Waals surface area contributed by atoms with Gasteiger partial charge in [0.2, 0.25) is 0 Å². The fourth-order valence-electron chi connectivity index (χ4n) is 1.69. The van der Waals surface area contributed by atoms with Crippen molar-refractivity contribution in [1.82, 2.24) is 0 Å². The Kier molecular flexibility index (Phi) is 6.29. The summed E-state index contributed by atoms with van der Waals surface area (Å²) in [4.78, 5) is 0. The van der Waals surface area contributed by atoms with Crippen molar-refractivity contribution in [2.45, 2.75) is 32.7 Å². The molecule has 0 aromatic heterocycles. The monoisotopic (exact) mass is 249 g/mol. The predicted octanol–water partition coefficient (Wildman–Crippen LogP) is 2.93. The van der Waals surface area contributed by atoms with Crippen molar-refractivity contribution in [2.75, 3.05) is 13.2 Å². The van der Waals surface area contributed by atoms with Crippen LogP contribution in [0.25, 0.3) is 0 Å². The van der Waals surface area contributed by atoms with Crippen molar-refractivity contribution in [3.8, 4) is 11.5 Å². The van der Waals surface area contributed by atoms with E-state index in [1.54, 1.807) is 0 Å². The SMILES string of the molecule is C=CCCOc1ccc(CC(C)N)cc1OCC. The van der Waals surface area contributed by atoms with Crippen molar-refractivity contribution in [3.05, 3.63) is 36.4 Å². The summed E-state index contributed by atoms with van der Waals surface area (Å²) in [7, 11) is 0. The second-order valence-corrected chi connectivity index (χ2v) is 4.32. The molecule has 100 valence electrons. The van der Waals surface area contributed by atoms with Crippen LogP contribution in [0.3, 0.4) is 0 Å². The highest BCUT2D eigenvalue weighted by atomic mass is 16.5. The van der Waals surface area contributed by atoms with Crippen molar-refractivity contribution in [2.24, 2.45) is 5.73 Å². The van der Waals surface area contributed by atoms with E-state index in [-0.39, 0.29) is 6.04 Å². The summed E-state index contributed by atoms with van der Waals surface area (Å²) in [5, 5.41) is 0. The molecular formula is C15H23NO2. The van der Waals surface area contributed by atoms with Gasteiger partial charge in [0, 0.05) is 6.04 Å². The molecule has 0 saturated heterocycles. The average Bonchev–Trinajstić information content (AvgIpc) is 2.32. The predicted molar refractivity (Wildman–Crippen MR) is 75.3 cm³/mol. The molecule has 0 aliphatic carbocycles. The molecule has 18 heavy (non-hydrogen) atoms. The molecule has 0 heterocycles. The van der Waals surface area contributed by atoms with Crippen molar-refractivity contribution in [1.29, 1.82) is 0 Å². The van der Waals surface area contributed by atoms with Gasteiger partial charge in [0.05, 0.1) is 13.2 Å². The highest BCUT2D eigenvalue weighted by Crippen LogP contribution is 2.29. The fourth-order valence-corrected chi connectivity index (χ4v) is 1.69. The molecule has 0 bridgehead atoms. The van der Waals surface area contributed by atoms with Crippen LogP contribution in [-0.4, -0.2) is 19.3 Å². The molecular weight excluding hydrogens is 226 g/mol. The normalized spacial score (nSPS) is 11.9. The van der Waals surface area contributed by atoms with E-state index in [2.05, 4.69) is 6.58 Å². The molecule has 0 spiro atoms. The van der Waals surface area contributed by atoms with Gasteiger partial charge in [0.15, 0.2) is 11.5 Å². The standard InChI is InChI=1S/C15H23NO2/c1-4-6-9-18-14-8-7-13(10-12(3)16)11-15(14)17-5-2/h4,7-8,11-12H,1,5-6,9-10,16H2,2-3H3. The minimum Gasteiger partial charge on any atom is -0.490 e. The van der Waals surface area contributed by atoms with Gasteiger partial charge in [-0.25, -0.2) is 0 Å². The van der Waals surface area contributed by atoms with Gasteiger partial charge in [0.25, 0.3) is 0 Å². The quantitative estimate of drug-likeness (QED) is 0.569. The molecule has 0 aliphatic heterocycles. The molecule has 1 rings (SSSR count). The summed E-state index contributed by atoms with van der Waals surface area (Å²) in [6.07, 6.45) is 3.50. The van der Waals surface area contributed by atoms with Gasteiger partial charge < -0.3 is 15.2 Å². The lowest BCUT2D eigenvalue weighted by atomic mass is 10.1. The van der Waals surface area contributed by atoms with Gasteiger partial charge in [-0.2, -0.15) is 0 Å². The average molecular weight is 249 g/mol. The summed E-state index contributed by atoms with van der Waals surface area (Å²) < 4.78 is 11.3. The van der Waals surface area contributed by atoms with Gasteiger partial charge in [-0.15, -0.1) is 6.58 Å². The van der Waals surface area contributed by atoms with Gasteiger partial charge in [-0.05, 0) is 44.4 Å². The van der Waals surface area contributed by atoms with Crippen molar-refractivity contribution < 1.29 is 9.47 Å². The van der Waals surface area contributed by atoms with Crippen LogP contribution in [0.2, 0.25) is 0 Å². The number of rotatable bonds is 8. The van der Waals surface area contributed by atoms with E-state index in [1.165, 1.54) is 5.56 Å². The minimum absolute atomic E-state index is 0.145. The first-order valence-corrected chi connectivity index (χ1v) is 6.42. The fraction of sp³-hybridized carbons (Fsp3) is 0.467. The molecule has 1 aromatic carbocycles. The summed E-state index contributed by atoms with van der Waals surface area (Å²) in [5.74, 6) is 1.58. The Bertz CT molecular complexity index is 375. The van der Waals surface area contributed by atoms with E-state index in [9.17, 15) is 0 Å². The second kappa shape index (κ2) is 7.77. The van der Waals surface area contributed by atoms with E-state index >= 15 is 0 Å². The van der Waals surface area contributed by atoms with Crippen LogP contribution in [0, 0.1) is 0 Å². The molecule has 0 fully saturated rings. The molecule has 1 atom stereocenters. The number of benzene rings is 1. The molecule has 2 N–H and O–H groups in total. The van der Waals surface area contributed by atoms with Crippen LogP contribution in [0.15, 0.2) is 30.9 Å². The zero-order valence-corrected chi connectivity index (χ0v) is 11.3. The van der Waals surface area contributed by atoms with E-state index < -0.39 is 0 Å². The molecule has 0 amide bonds. The maximum absolute atomic E-state index is 5.80. The molecule has 3 nitrogen and oxygen atoms in total. The van der Waals surface area contributed by atoms with E-state index in [1.807, 2.05) is 38.1 Å². The first-order valence-electron chi connectivity index (χ1n) is 6.42. The number of hydrogen-bond acceptors (Lipinski definition) is 3. The Balaban J connectivity index is 2.78. The number of hydrogen-bond donors (Lipinski definition) is 1. The molecule has 1 unspecified atom stereocenters. The maximum atomic E-state index is 5.80. The van der Waals surface area contributed by atoms with E-state index in [0.717, 1.165) is 24.3 Å². The molecule has 0 radical (unpaired) electrons. The second-order valence-electron chi connectivity index (χ2n) is 4.32. The third-order valence-corrected chi connectivity index (χ3v) is 2.45. The first kappa shape index (κ1) is 14.6. The smallest absolute Gasteiger partial charge is 0.161 e. The van der Waals surface area contributed by atoms with Crippen LogP contribution >= 0.6 is 0 Å². The minimum atomic E-state index is 0.145. The van der Waals surface area contributed by atoms with Gasteiger partial charge in [0.1, 0.15) is 0 Å². The van der Waals surface area contributed by atoms with Crippen LogP contribution in [0.4, 0.5) is 0 Å². The Labute approximate surface area is 110 Å². The van der Waals surface area contributed by atoms with E-state index in [4.69, 9.17) is 15.2 Å². The van der Waals surface area contributed by atoms with Crippen LogP contribution in [0.1, 0.15) is 25.8 Å². The summed E-state index contributed by atoms with van der Waals surface area (Å²) >= 11 is 0. The third kappa shape index (κ3) is 4.80. The summed E-state index contributed by atoms with van der Waals surface area (Å²) in [6, 6.07) is 6.14. The Morgan fingerprint density at radius 2 is 2.11 bits per heavy atom. The lowest BCUT2D eigenvalue weighted by molar-refractivity contribution is 0.280. The summed E-state index contributed by atoms with van der Waals surface area (Å²) in [5.41, 5.74) is 6.97. The molecule has 0 saturated carbocycles. The molecule has 0 aliphatic rings. The summed E-state index contributed by atoms with van der Waals surface area (Å²) in [6.45, 7) is 8.88. The van der Waals surface area contributed by atoms with Crippen LogP contribution in [0.5, 0.6) is 11.5 Å². The topological polar surface area (TPSA) is 44.5 Å². The molecule has 3 heteroatoms. The Morgan fingerprint density at radius 1 is 1.33 bits per heavy atom. The van der Waals surface area contributed by atoms with Gasteiger partial charge in [-0.1, -0.05) is 12.1 Å². The number of nitrogens with two attached hydrogens (primary N) is 1. The van der Waals surface area contributed by atoms with Crippen molar-refractivity contribution >= 4 is 0 Å². The van der Waals surface area contributed by atoms with Gasteiger partial charge >= 0.3 is 0 Å². The Hall–Kier alpha value is -1.48. The van der Waals surface area contributed by atoms with E-state index in [0.29, 0.717) is 13.2 Å². The third-order valence-electron chi connectivity index (χ3n) is 2.45. The van der Waals surface area contributed by atoms with Crippen molar-refractivity contribution in [3.63, 3.8) is 0 Å². The zero-order valence-electron chi connectivity index (χ0n) is 11.3. The highest BCUT2D eigenvalue weighted by molar-refractivity contribution is 5.43. The first-order chi connectivity index (χ1) is 8.67. The highest BCUT2D eigenvalue weighted by Gasteiger charge is 2.07. The molecule has 1 aromatic rings. The number of ether oxygens (including phenoxy) is 2. The zero-order chi connectivity index (χ0) is 13.4. The Morgan fingerprint density at radius 3 is 2.72 bits per heavy atom.